The lowest BCUT2D eigenvalue weighted by atomic mass is 10.1. The maximum atomic E-state index is 11.0. The zero-order valence-corrected chi connectivity index (χ0v) is 12.5. The molecule has 100 valence electrons. The molecule has 0 atom stereocenters. The molecule has 0 saturated carbocycles. The molecule has 1 aromatic carbocycles. The van der Waals surface area contributed by atoms with Crippen LogP contribution in [0.15, 0.2) is 16.6 Å². The maximum absolute atomic E-state index is 11.0. The van der Waals surface area contributed by atoms with Crippen LogP contribution < -0.4 is 0 Å². The van der Waals surface area contributed by atoms with E-state index in [1.54, 1.807) is 4.68 Å². The van der Waals surface area contributed by atoms with Crippen LogP contribution in [0.1, 0.15) is 34.5 Å². The molecule has 0 spiro atoms. The van der Waals surface area contributed by atoms with Gasteiger partial charge in [-0.1, -0.05) is 13.0 Å². The van der Waals surface area contributed by atoms with E-state index in [9.17, 15) is 4.79 Å². The Morgan fingerprint density at radius 1 is 1.42 bits per heavy atom. The van der Waals surface area contributed by atoms with Crippen molar-refractivity contribution in [3.05, 3.63) is 39.4 Å². The average Bonchev–Trinajstić information content (AvgIpc) is 2.71. The number of aryl methyl sites for hydroxylation is 3. The molecule has 6 heteroatoms. The van der Waals surface area contributed by atoms with E-state index in [4.69, 9.17) is 5.11 Å². The number of carboxylic acids is 1. The summed E-state index contributed by atoms with van der Waals surface area (Å²) in [6.45, 7) is 5.89. The van der Waals surface area contributed by atoms with Gasteiger partial charge in [0, 0.05) is 10.9 Å². The van der Waals surface area contributed by atoms with Gasteiger partial charge < -0.3 is 5.11 Å². The minimum Gasteiger partial charge on any atom is -0.475 e. The van der Waals surface area contributed by atoms with Crippen molar-refractivity contribution in [3.63, 3.8) is 0 Å². The largest absolute Gasteiger partial charge is 0.475 e. The fourth-order valence-corrected chi connectivity index (χ4v) is 2.86. The summed E-state index contributed by atoms with van der Waals surface area (Å²) in [6.07, 6.45) is 0.611. The molecule has 0 fully saturated rings. The van der Waals surface area contributed by atoms with Gasteiger partial charge in [0.05, 0.1) is 5.69 Å². The minimum absolute atomic E-state index is 0.177. The Hall–Kier alpha value is -1.69. The second kappa shape index (κ2) is 5.13. The van der Waals surface area contributed by atoms with Crippen LogP contribution in [0.2, 0.25) is 0 Å². The SMILES string of the molecule is CCc1nc(C(=O)O)nn1-c1c(C)cc(C)cc1Br. The van der Waals surface area contributed by atoms with E-state index in [2.05, 4.69) is 26.0 Å². The third-order valence-corrected chi connectivity index (χ3v) is 3.40. The predicted molar refractivity (Wildman–Crippen MR) is 74.9 cm³/mol. The van der Waals surface area contributed by atoms with Crippen molar-refractivity contribution in [2.75, 3.05) is 0 Å². The highest BCUT2D eigenvalue weighted by atomic mass is 79.9. The molecule has 1 aromatic heterocycles. The number of hydrogen-bond donors (Lipinski definition) is 1. The number of halogens is 1. The van der Waals surface area contributed by atoms with E-state index >= 15 is 0 Å². The van der Waals surface area contributed by atoms with Gasteiger partial charge in [-0.3, -0.25) is 0 Å². The first-order valence-electron chi connectivity index (χ1n) is 5.90. The van der Waals surface area contributed by atoms with Crippen LogP contribution in [-0.2, 0) is 6.42 Å². The molecule has 0 amide bonds. The van der Waals surface area contributed by atoms with Crippen LogP contribution in [0, 0.1) is 13.8 Å². The first kappa shape index (κ1) is 13.7. The molecule has 2 aromatic rings. The van der Waals surface area contributed by atoms with Gasteiger partial charge >= 0.3 is 5.97 Å². The lowest BCUT2D eigenvalue weighted by Gasteiger charge is -2.11. The van der Waals surface area contributed by atoms with Gasteiger partial charge in [-0.25, -0.2) is 14.5 Å². The van der Waals surface area contributed by atoms with Crippen LogP contribution in [0.3, 0.4) is 0 Å². The molecular weight excluding hydrogens is 310 g/mol. The van der Waals surface area contributed by atoms with E-state index in [1.165, 1.54) is 0 Å². The van der Waals surface area contributed by atoms with Crippen molar-refractivity contribution < 1.29 is 9.90 Å². The molecule has 2 rings (SSSR count). The summed E-state index contributed by atoms with van der Waals surface area (Å²) in [4.78, 5) is 15.0. The highest BCUT2D eigenvalue weighted by molar-refractivity contribution is 9.10. The molecule has 5 nitrogen and oxygen atoms in total. The predicted octanol–water partition coefficient (Wildman–Crippen LogP) is 2.91. The second-order valence-electron chi connectivity index (χ2n) is 4.33. The number of hydrogen-bond acceptors (Lipinski definition) is 3. The van der Waals surface area contributed by atoms with E-state index in [1.807, 2.05) is 32.9 Å². The minimum atomic E-state index is -1.12. The molecule has 0 radical (unpaired) electrons. The van der Waals surface area contributed by atoms with Crippen LogP contribution in [0.4, 0.5) is 0 Å². The highest BCUT2D eigenvalue weighted by Gasteiger charge is 2.18. The lowest BCUT2D eigenvalue weighted by Crippen LogP contribution is -2.06. The first-order valence-corrected chi connectivity index (χ1v) is 6.69. The van der Waals surface area contributed by atoms with Gasteiger partial charge in [-0.2, -0.15) is 0 Å². The maximum Gasteiger partial charge on any atom is 0.375 e. The number of aromatic carboxylic acids is 1. The fourth-order valence-electron chi connectivity index (χ4n) is 2.02. The average molecular weight is 324 g/mol. The van der Waals surface area contributed by atoms with Crippen molar-refractivity contribution in [1.82, 2.24) is 14.8 Å². The van der Waals surface area contributed by atoms with Crippen LogP contribution in [0.25, 0.3) is 5.69 Å². The van der Waals surface area contributed by atoms with Crippen molar-refractivity contribution in [1.29, 1.82) is 0 Å². The fraction of sp³-hybridized carbons (Fsp3) is 0.308. The van der Waals surface area contributed by atoms with Gasteiger partial charge in [0.25, 0.3) is 5.82 Å². The topological polar surface area (TPSA) is 68.0 Å². The van der Waals surface area contributed by atoms with Crippen molar-refractivity contribution in [2.45, 2.75) is 27.2 Å². The lowest BCUT2D eigenvalue weighted by molar-refractivity contribution is 0.0683. The Morgan fingerprint density at radius 2 is 2.11 bits per heavy atom. The van der Waals surface area contributed by atoms with Gasteiger partial charge in [-0.05, 0) is 47.0 Å². The van der Waals surface area contributed by atoms with E-state index in [0.29, 0.717) is 12.2 Å². The smallest absolute Gasteiger partial charge is 0.375 e. The number of aromatic nitrogens is 3. The molecule has 0 bridgehead atoms. The summed E-state index contributed by atoms with van der Waals surface area (Å²) in [7, 11) is 0. The Bertz CT molecular complexity index is 626. The van der Waals surface area contributed by atoms with E-state index in [0.717, 1.165) is 21.3 Å². The van der Waals surface area contributed by atoms with Gasteiger partial charge in [0.2, 0.25) is 0 Å². The number of carboxylic acid groups (broad SMARTS) is 1. The summed E-state index contributed by atoms with van der Waals surface area (Å²) < 4.78 is 2.48. The number of benzene rings is 1. The third-order valence-electron chi connectivity index (χ3n) is 2.79. The zero-order valence-electron chi connectivity index (χ0n) is 10.9. The summed E-state index contributed by atoms with van der Waals surface area (Å²) in [5.74, 6) is -0.664. The Kier molecular flexibility index (Phi) is 3.71. The van der Waals surface area contributed by atoms with Crippen molar-refractivity contribution in [2.24, 2.45) is 0 Å². The molecule has 0 aliphatic carbocycles. The molecule has 0 aliphatic heterocycles. The standard InChI is InChI=1S/C13H14BrN3O2/c1-4-10-15-12(13(18)19)16-17(10)11-8(3)5-7(2)6-9(11)14/h5-6H,4H2,1-3H3,(H,18,19). The van der Waals surface area contributed by atoms with E-state index < -0.39 is 5.97 Å². The Morgan fingerprint density at radius 3 is 2.63 bits per heavy atom. The summed E-state index contributed by atoms with van der Waals surface area (Å²) in [6, 6.07) is 4.01. The first-order chi connectivity index (χ1) is 8.93. The van der Waals surface area contributed by atoms with Gasteiger partial charge in [-0.15, -0.1) is 5.10 Å². The number of nitrogens with zero attached hydrogens (tertiary/aromatic N) is 3. The monoisotopic (exact) mass is 323 g/mol. The Labute approximate surface area is 119 Å². The Balaban J connectivity index is 2.68. The van der Waals surface area contributed by atoms with Gasteiger partial charge in [0.1, 0.15) is 5.82 Å². The molecule has 0 unspecified atom stereocenters. The quantitative estimate of drug-likeness (QED) is 0.943. The third kappa shape index (κ3) is 2.53. The van der Waals surface area contributed by atoms with E-state index in [-0.39, 0.29) is 5.82 Å². The molecule has 1 heterocycles. The highest BCUT2D eigenvalue weighted by Crippen LogP contribution is 2.27. The molecule has 19 heavy (non-hydrogen) atoms. The van der Waals surface area contributed by atoms with Crippen molar-refractivity contribution in [3.8, 4) is 5.69 Å². The van der Waals surface area contributed by atoms with Crippen LogP contribution in [-0.4, -0.2) is 25.8 Å². The van der Waals surface area contributed by atoms with Crippen molar-refractivity contribution >= 4 is 21.9 Å². The van der Waals surface area contributed by atoms with Crippen LogP contribution >= 0.6 is 15.9 Å². The number of rotatable bonds is 3. The van der Waals surface area contributed by atoms with Crippen LogP contribution in [0.5, 0.6) is 0 Å². The zero-order chi connectivity index (χ0) is 14.2. The molecule has 1 N–H and O–H groups in total. The summed E-state index contributed by atoms with van der Waals surface area (Å²) in [5, 5.41) is 13.1. The summed E-state index contributed by atoms with van der Waals surface area (Å²) in [5.41, 5.74) is 2.98. The molecule has 0 saturated heterocycles. The summed E-state index contributed by atoms with van der Waals surface area (Å²) >= 11 is 3.51. The van der Waals surface area contributed by atoms with Gasteiger partial charge in [0.15, 0.2) is 0 Å². The normalized spacial score (nSPS) is 10.7. The second-order valence-corrected chi connectivity index (χ2v) is 5.19. The molecule has 0 aliphatic rings. The number of carbonyl (C=O) groups is 1. The molecular formula is C13H14BrN3O2.